The van der Waals surface area contributed by atoms with E-state index in [0.717, 1.165) is 50.1 Å². The van der Waals surface area contributed by atoms with Gasteiger partial charge in [0.05, 0.1) is 18.0 Å². The van der Waals surface area contributed by atoms with Crippen LogP contribution in [-0.4, -0.2) is 30.6 Å². The first-order valence-electron chi connectivity index (χ1n) is 10.6. The molecule has 0 unspecified atom stereocenters. The number of aryl methyl sites for hydroxylation is 4. The van der Waals surface area contributed by atoms with Gasteiger partial charge in [0.15, 0.2) is 0 Å². The minimum Gasteiger partial charge on any atom is -0.490 e. The number of benzene rings is 1. The SMILES string of the molecule is O=c1ccn(CCCc2cnnn2CCc2ccccc2OC2CCCC2)c(=O)[nH]1. The molecule has 2 heterocycles. The second-order valence-electron chi connectivity index (χ2n) is 7.74. The molecule has 0 amide bonds. The zero-order chi connectivity index (χ0) is 20.8. The predicted octanol–water partition coefficient (Wildman–Crippen LogP) is 2.32. The van der Waals surface area contributed by atoms with Crippen LogP contribution in [0.5, 0.6) is 5.75 Å². The lowest BCUT2D eigenvalue weighted by molar-refractivity contribution is 0.207. The Kier molecular flexibility index (Phi) is 6.41. The van der Waals surface area contributed by atoms with Crippen molar-refractivity contribution in [2.75, 3.05) is 0 Å². The molecule has 2 aromatic heterocycles. The number of para-hydroxylation sites is 1. The van der Waals surface area contributed by atoms with Gasteiger partial charge in [0.1, 0.15) is 5.75 Å². The summed E-state index contributed by atoms with van der Waals surface area (Å²) in [7, 11) is 0. The van der Waals surface area contributed by atoms with Gasteiger partial charge in [0.2, 0.25) is 0 Å². The van der Waals surface area contributed by atoms with Crippen molar-refractivity contribution in [3.8, 4) is 5.75 Å². The van der Waals surface area contributed by atoms with Gasteiger partial charge in [-0.2, -0.15) is 0 Å². The lowest BCUT2D eigenvalue weighted by Crippen LogP contribution is -2.28. The number of hydrogen-bond donors (Lipinski definition) is 1. The summed E-state index contributed by atoms with van der Waals surface area (Å²) >= 11 is 0. The first-order chi connectivity index (χ1) is 14.7. The standard InChI is InChI=1S/C22H27N5O3/c28-21-12-14-26(22(29)24-21)13-5-7-18-16-23-25-27(18)15-11-17-6-1-4-10-20(17)30-19-8-2-3-9-19/h1,4,6,10,12,14,16,19H,2-3,5,7-9,11,13,15H2,(H,24,28,29). The molecule has 0 radical (unpaired) electrons. The summed E-state index contributed by atoms with van der Waals surface area (Å²) in [6.45, 7) is 1.25. The molecule has 8 nitrogen and oxygen atoms in total. The molecular weight excluding hydrogens is 382 g/mol. The molecule has 0 bridgehead atoms. The molecule has 1 saturated carbocycles. The third-order valence-electron chi connectivity index (χ3n) is 5.59. The van der Waals surface area contributed by atoms with Gasteiger partial charge >= 0.3 is 5.69 Å². The molecule has 0 atom stereocenters. The van der Waals surface area contributed by atoms with Crippen LogP contribution in [0.15, 0.2) is 52.3 Å². The van der Waals surface area contributed by atoms with Gasteiger partial charge in [-0.05, 0) is 56.6 Å². The van der Waals surface area contributed by atoms with E-state index in [0.29, 0.717) is 12.6 Å². The number of ether oxygens (including phenoxy) is 1. The summed E-state index contributed by atoms with van der Waals surface area (Å²) in [5.74, 6) is 0.975. The molecule has 1 aromatic carbocycles. The highest BCUT2D eigenvalue weighted by atomic mass is 16.5. The van der Waals surface area contributed by atoms with Crippen LogP contribution in [0.1, 0.15) is 43.4 Å². The average molecular weight is 409 g/mol. The largest absolute Gasteiger partial charge is 0.490 e. The van der Waals surface area contributed by atoms with Gasteiger partial charge in [-0.3, -0.25) is 9.78 Å². The van der Waals surface area contributed by atoms with E-state index in [1.807, 2.05) is 16.8 Å². The molecule has 30 heavy (non-hydrogen) atoms. The Morgan fingerprint density at radius 3 is 2.73 bits per heavy atom. The van der Waals surface area contributed by atoms with Crippen LogP contribution in [0.3, 0.4) is 0 Å². The zero-order valence-corrected chi connectivity index (χ0v) is 17.0. The maximum absolute atomic E-state index is 11.8. The highest BCUT2D eigenvalue weighted by Gasteiger charge is 2.18. The first kappa shape index (κ1) is 20.1. The van der Waals surface area contributed by atoms with Gasteiger partial charge in [0, 0.05) is 25.4 Å². The van der Waals surface area contributed by atoms with Crippen LogP contribution in [0.25, 0.3) is 0 Å². The molecular formula is C22H27N5O3. The van der Waals surface area contributed by atoms with Crippen molar-refractivity contribution in [1.82, 2.24) is 24.5 Å². The van der Waals surface area contributed by atoms with Crippen molar-refractivity contribution in [3.05, 3.63) is 74.8 Å². The highest BCUT2D eigenvalue weighted by Crippen LogP contribution is 2.27. The number of aromatic amines is 1. The maximum atomic E-state index is 11.8. The normalized spacial score (nSPS) is 14.3. The second-order valence-corrected chi connectivity index (χ2v) is 7.74. The molecule has 0 aliphatic heterocycles. The summed E-state index contributed by atoms with van der Waals surface area (Å²) in [6.07, 6.45) is 10.7. The first-order valence-corrected chi connectivity index (χ1v) is 10.6. The van der Waals surface area contributed by atoms with Crippen molar-refractivity contribution in [3.63, 3.8) is 0 Å². The van der Waals surface area contributed by atoms with E-state index in [9.17, 15) is 9.59 Å². The fourth-order valence-electron chi connectivity index (χ4n) is 3.95. The number of aromatic nitrogens is 5. The average Bonchev–Trinajstić information content (AvgIpc) is 3.41. The summed E-state index contributed by atoms with van der Waals surface area (Å²) in [5.41, 5.74) is 1.45. The van der Waals surface area contributed by atoms with E-state index in [4.69, 9.17) is 4.74 Å². The Hall–Kier alpha value is -3.16. The van der Waals surface area contributed by atoms with Crippen LogP contribution in [0.2, 0.25) is 0 Å². The lowest BCUT2D eigenvalue weighted by atomic mass is 10.1. The van der Waals surface area contributed by atoms with Crippen LogP contribution < -0.4 is 16.0 Å². The Balaban J connectivity index is 1.34. The van der Waals surface area contributed by atoms with Crippen LogP contribution in [0.4, 0.5) is 0 Å². The number of nitrogens with one attached hydrogen (secondary N) is 1. The maximum Gasteiger partial charge on any atom is 0.328 e. The molecule has 3 aromatic rings. The van der Waals surface area contributed by atoms with Crippen LogP contribution in [-0.2, 0) is 25.9 Å². The van der Waals surface area contributed by atoms with Gasteiger partial charge in [0.25, 0.3) is 5.56 Å². The minimum atomic E-state index is -0.381. The second kappa shape index (κ2) is 9.56. The quantitative estimate of drug-likeness (QED) is 0.585. The molecule has 4 rings (SSSR count). The van der Waals surface area contributed by atoms with E-state index < -0.39 is 0 Å². The molecule has 0 spiro atoms. The highest BCUT2D eigenvalue weighted by molar-refractivity contribution is 5.33. The van der Waals surface area contributed by atoms with E-state index in [2.05, 4.69) is 27.4 Å². The van der Waals surface area contributed by atoms with E-state index >= 15 is 0 Å². The van der Waals surface area contributed by atoms with Crippen LogP contribution >= 0.6 is 0 Å². The van der Waals surface area contributed by atoms with Crippen molar-refractivity contribution >= 4 is 0 Å². The molecule has 1 N–H and O–H groups in total. The van der Waals surface area contributed by atoms with Gasteiger partial charge < -0.3 is 9.30 Å². The number of H-pyrrole nitrogens is 1. The minimum absolute atomic E-state index is 0.337. The van der Waals surface area contributed by atoms with Gasteiger partial charge in [-0.1, -0.05) is 23.4 Å². The fourth-order valence-corrected chi connectivity index (χ4v) is 3.95. The predicted molar refractivity (Wildman–Crippen MR) is 113 cm³/mol. The number of rotatable bonds is 9. The summed E-state index contributed by atoms with van der Waals surface area (Å²) in [4.78, 5) is 25.2. The Morgan fingerprint density at radius 2 is 1.90 bits per heavy atom. The summed E-state index contributed by atoms with van der Waals surface area (Å²) < 4.78 is 9.66. The molecule has 1 fully saturated rings. The Labute approximate surface area is 174 Å². The monoisotopic (exact) mass is 409 g/mol. The van der Waals surface area contributed by atoms with Crippen molar-refractivity contribution < 1.29 is 4.74 Å². The third-order valence-corrected chi connectivity index (χ3v) is 5.59. The van der Waals surface area contributed by atoms with Crippen molar-refractivity contribution in [2.45, 2.75) is 64.1 Å². The number of nitrogens with zero attached hydrogens (tertiary/aromatic N) is 4. The molecule has 0 saturated heterocycles. The number of hydrogen-bond acceptors (Lipinski definition) is 5. The molecule has 158 valence electrons. The Morgan fingerprint density at radius 1 is 1.07 bits per heavy atom. The smallest absolute Gasteiger partial charge is 0.328 e. The van der Waals surface area contributed by atoms with Crippen molar-refractivity contribution in [2.24, 2.45) is 0 Å². The third kappa shape index (κ3) is 5.06. The lowest BCUT2D eigenvalue weighted by Gasteiger charge is -2.16. The zero-order valence-electron chi connectivity index (χ0n) is 17.0. The molecule has 1 aliphatic rings. The van der Waals surface area contributed by atoms with Crippen LogP contribution in [0, 0.1) is 0 Å². The van der Waals surface area contributed by atoms with E-state index in [-0.39, 0.29) is 11.2 Å². The van der Waals surface area contributed by atoms with Crippen molar-refractivity contribution in [1.29, 1.82) is 0 Å². The molecule has 1 aliphatic carbocycles. The summed E-state index contributed by atoms with van der Waals surface area (Å²) in [5, 5.41) is 8.29. The Bertz CT molecular complexity index is 1080. The topological polar surface area (TPSA) is 94.8 Å². The molecule has 8 heteroatoms. The van der Waals surface area contributed by atoms with Gasteiger partial charge in [-0.25, -0.2) is 9.48 Å². The van der Waals surface area contributed by atoms with Gasteiger partial charge in [-0.15, -0.1) is 5.10 Å². The fraction of sp³-hybridized carbons (Fsp3) is 0.455. The summed E-state index contributed by atoms with van der Waals surface area (Å²) in [6, 6.07) is 9.59. The van der Waals surface area contributed by atoms with E-state index in [1.54, 1.807) is 6.20 Å². The van der Waals surface area contributed by atoms with E-state index in [1.165, 1.54) is 35.2 Å².